The zero-order valence-corrected chi connectivity index (χ0v) is 30.7. The maximum atomic E-state index is 12.5. The first-order chi connectivity index (χ1) is 21.5. The van der Waals surface area contributed by atoms with Gasteiger partial charge in [0.2, 0.25) is 0 Å². The number of phosphoric ester groups is 1. The van der Waals surface area contributed by atoms with Crippen molar-refractivity contribution in [2.24, 2.45) is 0 Å². The highest BCUT2D eigenvalue weighted by Crippen LogP contribution is 2.38. The van der Waals surface area contributed by atoms with Gasteiger partial charge in [0.15, 0.2) is 6.10 Å². The molecule has 0 radical (unpaired) electrons. The summed E-state index contributed by atoms with van der Waals surface area (Å²) in [6.07, 6.45) is 24.1. The van der Waals surface area contributed by atoms with Crippen LogP contribution >= 0.6 is 7.82 Å². The van der Waals surface area contributed by atoms with Crippen LogP contribution in [0.3, 0.4) is 0 Å². The molecule has 0 spiro atoms. The maximum absolute atomic E-state index is 12.5. The molecule has 0 aromatic heterocycles. The monoisotopic (exact) mass is 663 g/mol. The molecule has 0 aromatic carbocycles. The highest BCUT2D eigenvalue weighted by Gasteiger charge is 2.21. The lowest BCUT2D eigenvalue weighted by molar-refractivity contribution is -0.870. The number of rotatable bonds is 33. The van der Waals surface area contributed by atoms with E-state index in [2.05, 4.69) is 13.8 Å². The van der Waals surface area contributed by atoms with E-state index in [-0.39, 0.29) is 32.0 Å². The summed E-state index contributed by atoms with van der Waals surface area (Å²) in [5.41, 5.74) is 0. The van der Waals surface area contributed by atoms with Gasteiger partial charge in [-0.1, -0.05) is 136 Å². The number of unbranched alkanes of at least 4 members (excludes halogenated alkanes) is 19. The average molecular weight is 664 g/mol. The molecule has 0 N–H and O–H groups in total. The summed E-state index contributed by atoms with van der Waals surface area (Å²) in [6.45, 7) is 4.20. The van der Waals surface area contributed by atoms with Crippen molar-refractivity contribution in [1.29, 1.82) is 0 Å². The first-order valence-corrected chi connectivity index (χ1v) is 19.7. The van der Waals surface area contributed by atoms with Crippen LogP contribution in [0.25, 0.3) is 0 Å². The Bertz CT molecular complexity index is 758. The van der Waals surface area contributed by atoms with Gasteiger partial charge in [0, 0.05) is 12.8 Å². The molecular formula is C35H70NO8P. The predicted octanol–water partition coefficient (Wildman–Crippen LogP) is 8.66. The Labute approximate surface area is 276 Å². The molecular weight excluding hydrogens is 593 g/mol. The first kappa shape index (κ1) is 44.0. The predicted molar refractivity (Wildman–Crippen MR) is 181 cm³/mol. The van der Waals surface area contributed by atoms with Crippen molar-refractivity contribution in [2.45, 2.75) is 168 Å². The molecule has 10 heteroatoms. The van der Waals surface area contributed by atoms with E-state index in [9.17, 15) is 19.0 Å². The van der Waals surface area contributed by atoms with E-state index in [1.165, 1.54) is 96.3 Å². The van der Waals surface area contributed by atoms with Gasteiger partial charge in [0.25, 0.3) is 7.82 Å². The van der Waals surface area contributed by atoms with E-state index < -0.39 is 26.5 Å². The molecule has 0 aliphatic carbocycles. The van der Waals surface area contributed by atoms with E-state index in [1.807, 2.05) is 21.1 Å². The van der Waals surface area contributed by atoms with Gasteiger partial charge in [-0.05, 0) is 12.8 Å². The number of hydrogen-bond donors (Lipinski definition) is 0. The molecule has 2 atom stereocenters. The minimum absolute atomic E-state index is 0.0264. The Morgan fingerprint density at radius 2 is 1.00 bits per heavy atom. The van der Waals surface area contributed by atoms with Crippen LogP contribution in [0.15, 0.2) is 0 Å². The zero-order valence-electron chi connectivity index (χ0n) is 29.8. The van der Waals surface area contributed by atoms with Crippen molar-refractivity contribution in [3.05, 3.63) is 0 Å². The molecule has 0 aliphatic heterocycles. The smallest absolute Gasteiger partial charge is 0.306 e. The Balaban J connectivity index is 4.46. The van der Waals surface area contributed by atoms with E-state index in [1.54, 1.807) is 0 Å². The molecule has 0 fully saturated rings. The lowest BCUT2D eigenvalue weighted by atomic mass is 10.1. The van der Waals surface area contributed by atoms with Crippen LogP contribution in [0.1, 0.15) is 162 Å². The van der Waals surface area contributed by atoms with Crippen LogP contribution in [-0.4, -0.2) is 70.0 Å². The Kier molecular flexibility index (Phi) is 28.5. The van der Waals surface area contributed by atoms with Gasteiger partial charge in [0.05, 0.1) is 27.7 Å². The molecule has 0 amide bonds. The van der Waals surface area contributed by atoms with Gasteiger partial charge in [-0.15, -0.1) is 0 Å². The number of hydrogen-bond acceptors (Lipinski definition) is 8. The molecule has 0 bridgehead atoms. The van der Waals surface area contributed by atoms with Gasteiger partial charge in [-0.25, -0.2) is 0 Å². The fraction of sp³-hybridized carbons (Fsp3) is 0.943. The quantitative estimate of drug-likeness (QED) is 0.0297. The van der Waals surface area contributed by atoms with Crippen molar-refractivity contribution in [2.75, 3.05) is 47.5 Å². The minimum Gasteiger partial charge on any atom is -0.756 e. The SMILES string of the molecule is CCCCCCCCCCCCCC(=O)O[C@H](COC(=O)CCCCCCCCCCCC)COP(=O)([O-])OCC[N+](C)(C)C. The second kappa shape index (κ2) is 29.2. The number of carbonyl (C=O) groups is 2. The summed E-state index contributed by atoms with van der Waals surface area (Å²) in [6, 6.07) is 0. The van der Waals surface area contributed by atoms with Crippen molar-refractivity contribution in [1.82, 2.24) is 0 Å². The Hall–Kier alpha value is -0.990. The van der Waals surface area contributed by atoms with E-state index >= 15 is 0 Å². The van der Waals surface area contributed by atoms with Crippen LogP contribution in [0.4, 0.5) is 0 Å². The van der Waals surface area contributed by atoms with E-state index in [4.69, 9.17) is 18.5 Å². The van der Waals surface area contributed by atoms with Gasteiger partial charge in [-0.3, -0.25) is 14.2 Å². The second-order valence-electron chi connectivity index (χ2n) is 13.6. The number of ether oxygens (including phenoxy) is 2. The van der Waals surface area contributed by atoms with Crippen molar-refractivity contribution in [3.63, 3.8) is 0 Å². The van der Waals surface area contributed by atoms with Crippen LogP contribution in [0.2, 0.25) is 0 Å². The summed E-state index contributed by atoms with van der Waals surface area (Å²) in [7, 11) is 1.17. The summed E-state index contributed by atoms with van der Waals surface area (Å²) in [5.74, 6) is -0.831. The van der Waals surface area contributed by atoms with Gasteiger partial charge in [-0.2, -0.15) is 0 Å². The summed E-state index contributed by atoms with van der Waals surface area (Å²) < 4.78 is 33.6. The largest absolute Gasteiger partial charge is 0.756 e. The van der Waals surface area contributed by atoms with Crippen LogP contribution in [0.5, 0.6) is 0 Å². The molecule has 0 aliphatic rings. The molecule has 45 heavy (non-hydrogen) atoms. The number of likely N-dealkylation sites (N-methyl/N-ethyl adjacent to an activating group) is 1. The van der Waals surface area contributed by atoms with E-state index in [0.29, 0.717) is 17.4 Å². The highest BCUT2D eigenvalue weighted by molar-refractivity contribution is 7.45. The van der Waals surface area contributed by atoms with Crippen molar-refractivity contribution in [3.8, 4) is 0 Å². The van der Waals surface area contributed by atoms with E-state index in [0.717, 1.165) is 32.1 Å². The summed E-state index contributed by atoms with van der Waals surface area (Å²) >= 11 is 0. The van der Waals surface area contributed by atoms with Crippen molar-refractivity contribution >= 4 is 19.8 Å². The average Bonchev–Trinajstić information content (AvgIpc) is 2.97. The maximum Gasteiger partial charge on any atom is 0.306 e. The topological polar surface area (TPSA) is 111 Å². The lowest BCUT2D eigenvalue weighted by Gasteiger charge is -2.28. The third kappa shape index (κ3) is 32.7. The normalized spacial score (nSPS) is 13.8. The third-order valence-corrected chi connectivity index (χ3v) is 8.84. The van der Waals surface area contributed by atoms with Gasteiger partial charge < -0.3 is 27.9 Å². The van der Waals surface area contributed by atoms with Crippen molar-refractivity contribution < 1.29 is 42.1 Å². The Morgan fingerprint density at radius 3 is 1.42 bits per heavy atom. The zero-order chi connectivity index (χ0) is 33.7. The molecule has 1 unspecified atom stereocenters. The third-order valence-electron chi connectivity index (χ3n) is 7.88. The van der Waals surface area contributed by atoms with Gasteiger partial charge in [0.1, 0.15) is 19.8 Å². The molecule has 0 rings (SSSR count). The van der Waals surface area contributed by atoms with Crippen LogP contribution in [-0.2, 0) is 32.7 Å². The minimum atomic E-state index is -4.60. The molecule has 0 saturated heterocycles. The number of quaternary nitrogens is 1. The molecule has 9 nitrogen and oxygen atoms in total. The number of carbonyl (C=O) groups excluding carboxylic acids is 2. The molecule has 268 valence electrons. The lowest BCUT2D eigenvalue weighted by Crippen LogP contribution is -2.37. The Morgan fingerprint density at radius 1 is 0.600 bits per heavy atom. The number of nitrogens with zero attached hydrogens (tertiary/aromatic N) is 1. The fourth-order valence-electron chi connectivity index (χ4n) is 4.95. The highest BCUT2D eigenvalue weighted by atomic mass is 31.2. The number of esters is 2. The molecule has 0 aromatic rings. The standard InChI is InChI=1S/C35H70NO8P/c1-6-8-10-12-14-16-18-20-22-24-26-28-35(38)44-33(32-43-45(39,40)42-30-29-36(3,4)5)31-41-34(37)27-25-23-21-19-17-15-13-11-9-7-2/h33H,6-32H2,1-5H3/t33-/m1/s1. The second-order valence-corrected chi connectivity index (χ2v) is 15.0. The van der Waals surface area contributed by atoms with Crippen LogP contribution < -0.4 is 4.89 Å². The van der Waals surface area contributed by atoms with Gasteiger partial charge >= 0.3 is 11.9 Å². The molecule has 0 heterocycles. The van der Waals surface area contributed by atoms with Crippen LogP contribution in [0, 0.1) is 0 Å². The summed E-state index contributed by atoms with van der Waals surface area (Å²) in [5, 5.41) is 0. The molecule has 0 saturated carbocycles. The fourth-order valence-corrected chi connectivity index (χ4v) is 5.68. The number of phosphoric acid groups is 1. The first-order valence-electron chi connectivity index (χ1n) is 18.2. The summed E-state index contributed by atoms with van der Waals surface area (Å²) in [4.78, 5) is 37.2.